The van der Waals surface area contributed by atoms with Gasteiger partial charge in [0.2, 0.25) is 0 Å². The van der Waals surface area contributed by atoms with Crippen molar-refractivity contribution in [3.63, 3.8) is 0 Å². The van der Waals surface area contributed by atoms with E-state index in [0.29, 0.717) is 0 Å². The largest absolute Gasteiger partial charge is 0.417 e. The van der Waals surface area contributed by atoms with Gasteiger partial charge >= 0.3 is 6.18 Å². The zero-order valence-corrected chi connectivity index (χ0v) is 11.7. The SMILES string of the molecule is O=C(Nc1ccc(Cl)c(C(F)(F)F)c1)c1cnccc1Cl. The highest BCUT2D eigenvalue weighted by atomic mass is 35.5. The van der Waals surface area contributed by atoms with Gasteiger partial charge in [-0.05, 0) is 24.3 Å². The van der Waals surface area contributed by atoms with Crippen LogP contribution in [0.2, 0.25) is 10.0 Å². The molecule has 110 valence electrons. The van der Waals surface area contributed by atoms with Crippen LogP contribution in [0.3, 0.4) is 0 Å². The average molecular weight is 335 g/mol. The fourth-order valence-corrected chi connectivity index (χ4v) is 1.98. The summed E-state index contributed by atoms with van der Waals surface area (Å²) in [5.41, 5.74) is -1.02. The Bertz CT molecular complexity index is 689. The highest BCUT2D eigenvalue weighted by Crippen LogP contribution is 2.36. The van der Waals surface area contributed by atoms with Crippen molar-refractivity contribution >= 4 is 34.8 Å². The zero-order valence-electron chi connectivity index (χ0n) is 10.2. The van der Waals surface area contributed by atoms with E-state index in [9.17, 15) is 18.0 Å². The molecular formula is C13H7Cl2F3N2O. The van der Waals surface area contributed by atoms with Gasteiger partial charge in [0.1, 0.15) is 0 Å². The number of aromatic nitrogens is 1. The third-order valence-electron chi connectivity index (χ3n) is 2.54. The number of pyridine rings is 1. The molecule has 2 rings (SSSR count). The number of halogens is 5. The number of carbonyl (C=O) groups excluding carboxylic acids is 1. The number of alkyl halides is 3. The molecule has 0 saturated carbocycles. The van der Waals surface area contributed by atoms with Crippen LogP contribution in [0.25, 0.3) is 0 Å². The van der Waals surface area contributed by atoms with Crippen LogP contribution in [0.1, 0.15) is 15.9 Å². The smallest absolute Gasteiger partial charge is 0.322 e. The van der Waals surface area contributed by atoms with Crippen molar-refractivity contribution in [1.82, 2.24) is 4.98 Å². The third-order valence-corrected chi connectivity index (χ3v) is 3.20. The minimum atomic E-state index is -4.61. The minimum absolute atomic E-state index is 0.0448. The molecule has 21 heavy (non-hydrogen) atoms. The van der Waals surface area contributed by atoms with E-state index in [2.05, 4.69) is 10.3 Å². The summed E-state index contributed by atoms with van der Waals surface area (Å²) in [6.45, 7) is 0. The number of hydrogen-bond acceptors (Lipinski definition) is 2. The van der Waals surface area contributed by atoms with Gasteiger partial charge in [0.15, 0.2) is 0 Å². The Morgan fingerprint density at radius 1 is 1.14 bits per heavy atom. The summed E-state index contributed by atoms with van der Waals surface area (Å²) >= 11 is 11.3. The minimum Gasteiger partial charge on any atom is -0.322 e. The van der Waals surface area contributed by atoms with Gasteiger partial charge in [-0.1, -0.05) is 23.2 Å². The number of amides is 1. The standard InChI is InChI=1S/C13H7Cl2F3N2O/c14-10-3-4-19-6-8(10)12(21)20-7-1-2-11(15)9(5-7)13(16,17)18/h1-6H,(H,20,21). The van der Waals surface area contributed by atoms with Gasteiger partial charge in [-0.3, -0.25) is 9.78 Å². The summed E-state index contributed by atoms with van der Waals surface area (Å²) in [5, 5.41) is 2.02. The number of carbonyl (C=O) groups is 1. The molecular weight excluding hydrogens is 328 g/mol. The molecule has 0 aliphatic carbocycles. The summed E-state index contributed by atoms with van der Waals surface area (Å²) < 4.78 is 38.2. The Kier molecular flexibility index (Phi) is 4.39. The molecule has 0 unspecified atom stereocenters. The third kappa shape index (κ3) is 3.65. The lowest BCUT2D eigenvalue weighted by molar-refractivity contribution is -0.137. The number of anilines is 1. The predicted molar refractivity (Wildman–Crippen MR) is 73.7 cm³/mol. The van der Waals surface area contributed by atoms with E-state index in [1.165, 1.54) is 24.5 Å². The normalized spacial score (nSPS) is 11.3. The molecule has 1 aromatic carbocycles. The quantitative estimate of drug-likeness (QED) is 0.867. The maximum atomic E-state index is 12.7. The van der Waals surface area contributed by atoms with Gasteiger partial charge in [0, 0.05) is 18.1 Å². The average Bonchev–Trinajstić information content (AvgIpc) is 2.40. The molecule has 0 atom stereocenters. The van der Waals surface area contributed by atoms with E-state index in [0.717, 1.165) is 12.1 Å². The first-order chi connectivity index (χ1) is 9.79. The van der Waals surface area contributed by atoms with Crippen LogP contribution in [0.15, 0.2) is 36.7 Å². The van der Waals surface area contributed by atoms with Crippen molar-refractivity contribution in [3.05, 3.63) is 57.8 Å². The van der Waals surface area contributed by atoms with Crippen LogP contribution >= 0.6 is 23.2 Å². The van der Waals surface area contributed by atoms with E-state index in [4.69, 9.17) is 23.2 Å². The lowest BCUT2D eigenvalue weighted by Crippen LogP contribution is -2.14. The van der Waals surface area contributed by atoms with Crippen molar-refractivity contribution in [1.29, 1.82) is 0 Å². The number of hydrogen-bond donors (Lipinski definition) is 1. The Balaban J connectivity index is 2.29. The van der Waals surface area contributed by atoms with Crippen LogP contribution in [-0.2, 0) is 6.18 Å². The molecule has 1 heterocycles. The molecule has 0 bridgehead atoms. The van der Waals surface area contributed by atoms with Gasteiger partial charge < -0.3 is 5.32 Å². The molecule has 3 nitrogen and oxygen atoms in total. The van der Waals surface area contributed by atoms with Crippen LogP contribution < -0.4 is 5.32 Å². The van der Waals surface area contributed by atoms with Crippen LogP contribution in [-0.4, -0.2) is 10.9 Å². The second-order valence-electron chi connectivity index (χ2n) is 4.00. The second-order valence-corrected chi connectivity index (χ2v) is 4.82. The molecule has 1 N–H and O–H groups in total. The first-order valence-electron chi connectivity index (χ1n) is 5.56. The first kappa shape index (κ1) is 15.6. The Labute approximate surface area is 127 Å². The Hall–Kier alpha value is -1.79. The van der Waals surface area contributed by atoms with E-state index in [1.807, 2.05) is 0 Å². The molecule has 0 fully saturated rings. The second kappa shape index (κ2) is 5.91. The summed E-state index contributed by atoms with van der Waals surface area (Å²) in [4.78, 5) is 15.7. The molecule has 2 aromatic rings. The molecule has 1 aromatic heterocycles. The van der Waals surface area contributed by atoms with Gasteiger partial charge in [0.05, 0.1) is 21.2 Å². The number of rotatable bonds is 2. The fourth-order valence-electron chi connectivity index (χ4n) is 1.56. The molecule has 0 spiro atoms. The summed E-state index contributed by atoms with van der Waals surface area (Å²) in [6, 6.07) is 4.48. The lowest BCUT2D eigenvalue weighted by Gasteiger charge is -2.12. The first-order valence-corrected chi connectivity index (χ1v) is 6.32. The van der Waals surface area contributed by atoms with E-state index in [1.54, 1.807) is 0 Å². The zero-order chi connectivity index (χ0) is 15.6. The maximum absolute atomic E-state index is 12.7. The summed E-state index contributed by atoms with van der Waals surface area (Å²) in [7, 11) is 0. The molecule has 0 saturated heterocycles. The molecule has 0 aliphatic heterocycles. The monoisotopic (exact) mass is 334 g/mol. The molecule has 0 radical (unpaired) electrons. The number of benzene rings is 1. The topological polar surface area (TPSA) is 42.0 Å². The van der Waals surface area contributed by atoms with Crippen molar-refractivity contribution < 1.29 is 18.0 Å². The highest BCUT2D eigenvalue weighted by molar-refractivity contribution is 6.34. The molecule has 8 heteroatoms. The van der Waals surface area contributed by atoms with Gasteiger partial charge in [0.25, 0.3) is 5.91 Å². The van der Waals surface area contributed by atoms with Gasteiger partial charge in [-0.2, -0.15) is 13.2 Å². The summed E-state index contributed by atoms with van der Waals surface area (Å²) in [5.74, 6) is -0.663. The summed E-state index contributed by atoms with van der Waals surface area (Å²) in [6.07, 6.45) is -1.99. The van der Waals surface area contributed by atoms with Crippen molar-refractivity contribution in [2.75, 3.05) is 5.32 Å². The fraction of sp³-hybridized carbons (Fsp3) is 0.0769. The number of nitrogens with one attached hydrogen (secondary N) is 1. The molecule has 0 aliphatic rings. The highest BCUT2D eigenvalue weighted by Gasteiger charge is 2.33. The van der Waals surface area contributed by atoms with Crippen LogP contribution in [0.4, 0.5) is 18.9 Å². The predicted octanol–water partition coefficient (Wildman–Crippen LogP) is 4.66. The Morgan fingerprint density at radius 3 is 2.48 bits per heavy atom. The van der Waals surface area contributed by atoms with E-state index >= 15 is 0 Å². The van der Waals surface area contributed by atoms with Crippen LogP contribution in [0, 0.1) is 0 Å². The van der Waals surface area contributed by atoms with Gasteiger partial charge in [-0.25, -0.2) is 0 Å². The number of nitrogens with zero attached hydrogens (tertiary/aromatic N) is 1. The van der Waals surface area contributed by atoms with Crippen molar-refractivity contribution in [2.24, 2.45) is 0 Å². The van der Waals surface area contributed by atoms with Crippen LogP contribution in [0.5, 0.6) is 0 Å². The van der Waals surface area contributed by atoms with Gasteiger partial charge in [-0.15, -0.1) is 0 Å². The van der Waals surface area contributed by atoms with Crippen molar-refractivity contribution in [3.8, 4) is 0 Å². The lowest BCUT2D eigenvalue weighted by atomic mass is 10.2. The van der Waals surface area contributed by atoms with E-state index in [-0.39, 0.29) is 16.3 Å². The van der Waals surface area contributed by atoms with Crippen molar-refractivity contribution in [2.45, 2.75) is 6.18 Å². The molecule has 1 amide bonds. The maximum Gasteiger partial charge on any atom is 0.417 e. The van der Waals surface area contributed by atoms with E-state index < -0.39 is 22.7 Å². The Morgan fingerprint density at radius 2 is 1.86 bits per heavy atom.